The first-order valence-corrected chi connectivity index (χ1v) is 8.06. The predicted octanol–water partition coefficient (Wildman–Crippen LogP) is 3.82. The summed E-state index contributed by atoms with van der Waals surface area (Å²) in [5, 5.41) is -0.689. The van der Waals surface area contributed by atoms with E-state index in [-0.39, 0.29) is 6.20 Å². The highest BCUT2D eigenvalue weighted by Gasteiger charge is 2.43. The molecule has 1 aromatic rings. The molecule has 13 heteroatoms. The Labute approximate surface area is 126 Å². The van der Waals surface area contributed by atoms with Crippen LogP contribution in [0.4, 0.5) is 26.3 Å². The summed E-state index contributed by atoms with van der Waals surface area (Å²) in [6.45, 7) is 0. The van der Waals surface area contributed by atoms with Crippen LogP contribution in [0.15, 0.2) is 11.1 Å². The molecule has 0 bridgehead atoms. The third-order valence-electron chi connectivity index (χ3n) is 1.98. The molecule has 0 saturated heterocycles. The molecule has 0 aliphatic rings. The Kier molecular flexibility index (Phi) is 5.05. The van der Waals surface area contributed by atoms with Crippen LogP contribution >= 0.6 is 26.6 Å². The molecular weight excluding hydrogens is 420 g/mol. The van der Waals surface area contributed by atoms with Crippen LogP contribution in [0.5, 0.6) is 5.75 Å². The number of nitrogens with zero attached hydrogens (tertiary/aromatic N) is 1. The zero-order chi connectivity index (χ0) is 16.6. The van der Waals surface area contributed by atoms with Crippen molar-refractivity contribution in [3.05, 3.63) is 17.5 Å². The quantitative estimate of drug-likeness (QED) is 0.422. The maximum atomic E-state index is 12.7. The van der Waals surface area contributed by atoms with Crippen LogP contribution in [0.2, 0.25) is 0 Å². The van der Waals surface area contributed by atoms with Crippen molar-refractivity contribution in [2.24, 2.45) is 0 Å². The van der Waals surface area contributed by atoms with Crippen LogP contribution < -0.4 is 4.74 Å². The number of alkyl halides is 7. The van der Waals surface area contributed by atoms with E-state index >= 15 is 0 Å². The van der Waals surface area contributed by atoms with Gasteiger partial charge in [-0.15, -0.1) is 13.2 Å². The zero-order valence-corrected chi connectivity index (χ0v) is 12.5. The number of halogens is 8. The zero-order valence-electron chi connectivity index (χ0n) is 9.39. The summed E-state index contributed by atoms with van der Waals surface area (Å²) in [6.07, 6.45) is -10.6. The summed E-state index contributed by atoms with van der Waals surface area (Å²) in [5.41, 5.74) is -2.96. The van der Waals surface area contributed by atoms with Crippen molar-refractivity contribution in [3.63, 3.8) is 0 Å². The molecule has 4 nitrogen and oxygen atoms in total. The molecule has 1 rings (SSSR count). The predicted molar refractivity (Wildman–Crippen MR) is 61.6 cm³/mol. The van der Waals surface area contributed by atoms with Gasteiger partial charge in [0, 0.05) is 27.8 Å². The minimum absolute atomic E-state index is 0.213. The van der Waals surface area contributed by atoms with Crippen LogP contribution in [-0.2, 0) is 20.6 Å². The van der Waals surface area contributed by atoms with E-state index in [1.807, 2.05) is 0 Å². The summed E-state index contributed by atoms with van der Waals surface area (Å²) in [5.74, 6) is -1.77. The van der Waals surface area contributed by atoms with Crippen LogP contribution in [0, 0.1) is 0 Å². The Balaban J connectivity index is 3.73. The molecule has 0 radical (unpaired) electrons. The van der Waals surface area contributed by atoms with Crippen LogP contribution in [0.25, 0.3) is 0 Å². The first-order chi connectivity index (χ1) is 9.27. The monoisotopic (exact) mass is 421 g/mol. The summed E-state index contributed by atoms with van der Waals surface area (Å²) < 4.78 is 100. The van der Waals surface area contributed by atoms with E-state index in [0.29, 0.717) is 0 Å². The molecule has 0 unspecified atom stereocenters. The maximum absolute atomic E-state index is 12.7. The topological polar surface area (TPSA) is 56.3 Å². The molecule has 0 N–H and O–H groups in total. The standard InChI is InChI=1S/C8H3BrClF6NO3S/c9-1-3-4(21(10,18)19)2-17-6(7(11,12)13)5(3)20-8(14,15)16/h2H,1H2. The fourth-order valence-corrected chi connectivity index (χ4v) is 3.06. The molecule has 0 saturated carbocycles. The molecule has 0 amide bonds. The third-order valence-corrected chi connectivity index (χ3v) is 3.92. The van der Waals surface area contributed by atoms with Crippen molar-refractivity contribution in [1.29, 1.82) is 0 Å². The summed E-state index contributed by atoms with van der Waals surface area (Å²) in [4.78, 5) is 1.65. The normalized spacial score (nSPS) is 13.3. The Hall–Kier alpha value is -0.750. The average molecular weight is 423 g/mol. The molecule has 120 valence electrons. The molecule has 0 aliphatic carbocycles. The second-order valence-corrected chi connectivity index (χ2v) is 6.49. The number of hydrogen-bond acceptors (Lipinski definition) is 4. The molecule has 0 aliphatic heterocycles. The van der Waals surface area contributed by atoms with Gasteiger partial charge < -0.3 is 4.74 Å². The Morgan fingerprint density at radius 3 is 2.10 bits per heavy atom. The first kappa shape index (κ1) is 18.3. The molecule has 0 fully saturated rings. The molecule has 1 heterocycles. The van der Waals surface area contributed by atoms with E-state index in [1.165, 1.54) is 0 Å². The van der Waals surface area contributed by atoms with Gasteiger partial charge in [0.25, 0.3) is 9.05 Å². The van der Waals surface area contributed by atoms with Gasteiger partial charge in [0.05, 0.1) is 0 Å². The fourth-order valence-electron chi connectivity index (χ4n) is 1.28. The molecule has 0 atom stereocenters. The average Bonchev–Trinajstić information content (AvgIpc) is 2.23. The molecule has 0 aromatic carbocycles. The van der Waals surface area contributed by atoms with E-state index in [0.717, 1.165) is 0 Å². The lowest BCUT2D eigenvalue weighted by Gasteiger charge is -2.18. The lowest BCUT2D eigenvalue weighted by Crippen LogP contribution is -2.23. The second kappa shape index (κ2) is 5.80. The van der Waals surface area contributed by atoms with Gasteiger partial charge in [-0.1, -0.05) is 15.9 Å². The minimum atomic E-state index is -5.48. The summed E-state index contributed by atoms with van der Waals surface area (Å²) in [7, 11) is 0.325. The molecule has 0 spiro atoms. The number of hydrogen-bond donors (Lipinski definition) is 0. The highest BCUT2D eigenvalue weighted by atomic mass is 79.9. The largest absolute Gasteiger partial charge is 0.573 e. The van der Waals surface area contributed by atoms with Gasteiger partial charge in [0.2, 0.25) is 0 Å². The van der Waals surface area contributed by atoms with Crippen LogP contribution in [0.1, 0.15) is 11.3 Å². The van der Waals surface area contributed by atoms with E-state index in [4.69, 9.17) is 10.7 Å². The van der Waals surface area contributed by atoms with Crippen LogP contribution in [-0.4, -0.2) is 19.8 Å². The van der Waals surface area contributed by atoms with E-state index < -0.39 is 48.8 Å². The fraction of sp³-hybridized carbons (Fsp3) is 0.375. The smallest absolute Gasteiger partial charge is 0.403 e. The molecular formula is C8H3BrClF6NO3S. The van der Waals surface area contributed by atoms with Crippen LogP contribution in [0.3, 0.4) is 0 Å². The van der Waals surface area contributed by atoms with Crippen molar-refractivity contribution in [3.8, 4) is 5.75 Å². The SMILES string of the molecule is O=S(=O)(Cl)c1cnc(C(F)(F)F)c(OC(F)(F)F)c1CBr. The molecule has 21 heavy (non-hydrogen) atoms. The van der Waals surface area contributed by atoms with Crippen molar-refractivity contribution < 1.29 is 39.5 Å². The highest BCUT2D eigenvalue weighted by molar-refractivity contribution is 9.08. The number of pyridine rings is 1. The van der Waals surface area contributed by atoms with Gasteiger partial charge in [-0.25, -0.2) is 13.4 Å². The lowest BCUT2D eigenvalue weighted by molar-refractivity contribution is -0.276. The van der Waals surface area contributed by atoms with Crippen molar-refractivity contribution >= 4 is 35.7 Å². The Bertz CT molecular complexity index is 645. The van der Waals surface area contributed by atoms with E-state index in [9.17, 15) is 34.8 Å². The maximum Gasteiger partial charge on any atom is 0.573 e. The summed E-state index contributed by atoms with van der Waals surface area (Å²) >= 11 is 2.59. The number of ether oxygens (including phenoxy) is 1. The Morgan fingerprint density at radius 1 is 1.24 bits per heavy atom. The van der Waals surface area contributed by atoms with Crippen molar-refractivity contribution in [2.45, 2.75) is 22.8 Å². The highest BCUT2D eigenvalue weighted by Crippen LogP contribution is 2.42. The molecule has 1 aromatic heterocycles. The van der Waals surface area contributed by atoms with Crippen molar-refractivity contribution in [2.75, 3.05) is 0 Å². The number of rotatable bonds is 3. The Morgan fingerprint density at radius 2 is 1.76 bits per heavy atom. The number of aromatic nitrogens is 1. The second-order valence-electron chi connectivity index (χ2n) is 3.40. The van der Waals surface area contributed by atoms with Gasteiger partial charge in [0.15, 0.2) is 11.4 Å². The van der Waals surface area contributed by atoms with Gasteiger partial charge in [-0.2, -0.15) is 13.2 Å². The summed E-state index contributed by atoms with van der Waals surface area (Å²) in [6, 6.07) is 0. The van der Waals surface area contributed by atoms with Crippen molar-refractivity contribution in [1.82, 2.24) is 4.98 Å². The van der Waals surface area contributed by atoms with Gasteiger partial charge >= 0.3 is 12.5 Å². The lowest BCUT2D eigenvalue weighted by atomic mass is 10.2. The minimum Gasteiger partial charge on any atom is -0.403 e. The van der Waals surface area contributed by atoms with E-state index in [1.54, 1.807) is 0 Å². The van der Waals surface area contributed by atoms with Gasteiger partial charge in [-0.3, -0.25) is 0 Å². The van der Waals surface area contributed by atoms with Gasteiger partial charge in [0.1, 0.15) is 4.90 Å². The first-order valence-electron chi connectivity index (χ1n) is 4.63. The van der Waals surface area contributed by atoms with Gasteiger partial charge in [-0.05, 0) is 0 Å². The van der Waals surface area contributed by atoms with E-state index in [2.05, 4.69) is 25.7 Å². The third kappa shape index (κ3) is 4.61.